The fraction of sp³-hybridized carbons (Fsp3) is 0.366. The van der Waals surface area contributed by atoms with Gasteiger partial charge in [0, 0.05) is 66.7 Å². The zero-order valence-electron chi connectivity index (χ0n) is 32.7. The highest BCUT2D eigenvalue weighted by atomic mass is 16.5. The van der Waals surface area contributed by atoms with Crippen LogP contribution in [0.5, 0.6) is 23.1 Å². The highest BCUT2D eigenvalue weighted by Gasteiger charge is 2.21. The van der Waals surface area contributed by atoms with Gasteiger partial charge in [0.25, 0.3) is 5.91 Å². The van der Waals surface area contributed by atoms with Gasteiger partial charge in [-0.1, -0.05) is 20.8 Å². The smallest absolute Gasteiger partial charge is 0.251 e. The summed E-state index contributed by atoms with van der Waals surface area (Å²) in [6, 6.07) is 20.8. The summed E-state index contributed by atoms with van der Waals surface area (Å²) in [7, 11) is 3.23. The van der Waals surface area contributed by atoms with Gasteiger partial charge in [-0.15, -0.1) is 0 Å². The number of hydrogen-bond donors (Lipinski definition) is 4. The summed E-state index contributed by atoms with van der Waals surface area (Å²) in [6.07, 6.45) is 1.43. The van der Waals surface area contributed by atoms with Gasteiger partial charge >= 0.3 is 0 Å². The SMILES string of the molecule is COc1ccc(-n2nc(C(C)(C)C)cc2NCNc2ccc(Oc3cc(Nc4cc(OC)cc(C(=O)NCCN5CCOCC5)c4)ncn3)c(C)c2C)cc1. The number of methoxy groups -OCH3 is 2. The van der Waals surface area contributed by atoms with Gasteiger partial charge in [0.2, 0.25) is 5.88 Å². The molecule has 6 rings (SSSR count). The van der Waals surface area contributed by atoms with Crippen LogP contribution in [0.3, 0.4) is 0 Å². The molecule has 14 nitrogen and oxygen atoms in total. The first kappa shape index (κ1) is 38.9. The normalized spacial score (nSPS) is 13.2. The highest BCUT2D eigenvalue weighted by Crippen LogP contribution is 2.32. The van der Waals surface area contributed by atoms with Crippen molar-refractivity contribution < 1.29 is 23.7 Å². The maximum absolute atomic E-state index is 13.0. The summed E-state index contributed by atoms with van der Waals surface area (Å²) in [4.78, 5) is 24.0. The lowest BCUT2D eigenvalue weighted by Gasteiger charge is -2.26. The molecule has 0 saturated carbocycles. The van der Waals surface area contributed by atoms with E-state index in [2.05, 4.69) is 69.9 Å². The van der Waals surface area contributed by atoms with E-state index in [9.17, 15) is 4.79 Å². The van der Waals surface area contributed by atoms with Crippen LogP contribution in [0.25, 0.3) is 5.69 Å². The van der Waals surface area contributed by atoms with Gasteiger partial charge < -0.3 is 40.2 Å². The van der Waals surface area contributed by atoms with E-state index in [4.69, 9.17) is 24.0 Å². The van der Waals surface area contributed by atoms with Crippen LogP contribution >= 0.6 is 0 Å². The Hall–Kier alpha value is -5.86. The number of nitrogens with one attached hydrogen (secondary N) is 4. The molecule has 1 aliphatic heterocycles. The molecule has 5 aromatic rings. The Labute approximate surface area is 322 Å². The van der Waals surface area contributed by atoms with Gasteiger partial charge in [0.15, 0.2) is 0 Å². The van der Waals surface area contributed by atoms with Crippen molar-refractivity contribution in [2.45, 2.75) is 40.0 Å². The van der Waals surface area contributed by atoms with Crippen molar-refractivity contribution in [2.75, 3.05) is 76.2 Å². The minimum Gasteiger partial charge on any atom is -0.497 e. The van der Waals surface area contributed by atoms with Crippen molar-refractivity contribution in [1.29, 1.82) is 0 Å². The van der Waals surface area contributed by atoms with Crippen LogP contribution in [-0.2, 0) is 10.2 Å². The first-order valence-electron chi connectivity index (χ1n) is 18.4. The number of hydrogen-bond acceptors (Lipinski definition) is 12. The third kappa shape index (κ3) is 10.0. The second kappa shape index (κ2) is 17.5. The Balaban J connectivity index is 1.09. The molecule has 3 heterocycles. The summed E-state index contributed by atoms with van der Waals surface area (Å²) in [5, 5.41) is 18.2. The third-order valence-corrected chi connectivity index (χ3v) is 9.43. The summed E-state index contributed by atoms with van der Waals surface area (Å²) in [5.41, 5.74) is 5.88. The van der Waals surface area contributed by atoms with Crippen LogP contribution in [0.2, 0.25) is 0 Å². The fourth-order valence-electron chi connectivity index (χ4n) is 6.02. The number of morpholine rings is 1. The van der Waals surface area contributed by atoms with E-state index in [1.54, 1.807) is 38.5 Å². The van der Waals surface area contributed by atoms with Crippen molar-refractivity contribution in [2.24, 2.45) is 0 Å². The Bertz CT molecular complexity index is 2070. The van der Waals surface area contributed by atoms with Gasteiger partial charge in [-0.3, -0.25) is 9.69 Å². The molecule has 1 saturated heterocycles. The number of ether oxygens (including phenoxy) is 4. The number of aromatic nitrogens is 4. The summed E-state index contributed by atoms with van der Waals surface area (Å²) >= 11 is 0. The number of rotatable bonds is 15. The number of benzene rings is 3. The van der Waals surface area contributed by atoms with E-state index < -0.39 is 0 Å². The molecule has 4 N–H and O–H groups in total. The van der Waals surface area contributed by atoms with Gasteiger partial charge in [-0.25, -0.2) is 14.6 Å². The van der Waals surface area contributed by atoms with Crippen molar-refractivity contribution in [3.63, 3.8) is 0 Å². The maximum Gasteiger partial charge on any atom is 0.251 e. The van der Waals surface area contributed by atoms with Crippen LogP contribution in [0.15, 0.2) is 73.1 Å². The Kier molecular flexibility index (Phi) is 12.4. The second-order valence-corrected chi connectivity index (χ2v) is 14.3. The van der Waals surface area contributed by atoms with Gasteiger partial charge in [-0.2, -0.15) is 5.10 Å². The molecule has 0 bridgehead atoms. The predicted molar refractivity (Wildman–Crippen MR) is 215 cm³/mol. The molecule has 0 radical (unpaired) electrons. The minimum absolute atomic E-state index is 0.119. The van der Waals surface area contributed by atoms with E-state index in [0.717, 1.165) is 72.6 Å². The average molecular weight is 750 g/mol. The highest BCUT2D eigenvalue weighted by molar-refractivity contribution is 5.95. The topological polar surface area (TPSA) is 149 Å². The van der Waals surface area contributed by atoms with Crippen LogP contribution in [0.1, 0.15) is 48.0 Å². The lowest BCUT2D eigenvalue weighted by Crippen LogP contribution is -2.41. The van der Waals surface area contributed by atoms with Crippen molar-refractivity contribution in [1.82, 2.24) is 30.0 Å². The largest absolute Gasteiger partial charge is 0.497 e. The molecule has 0 atom stereocenters. The van der Waals surface area contributed by atoms with E-state index >= 15 is 0 Å². The molecule has 1 fully saturated rings. The molecule has 14 heteroatoms. The third-order valence-electron chi connectivity index (χ3n) is 9.43. The summed E-state index contributed by atoms with van der Waals surface area (Å²) in [5.74, 6) is 3.56. The molecular formula is C41H51N9O5. The van der Waals surface area contributed by atoms with Crippen molar-refractivity contribution >= 4 is 28.9 Å². The average Bonchev–Trinajstić information content (AvgIpc) is 3.63. The van der Waals surface area contributed by atoms with E-state index in [-0.39, 0.29) is 11.3 Å². The molecule has 2 aromatic heterocycles. The van der Waals surface area contributed by atoms with E-state index in [0.29, 0.717) is 47.7 Å². The molecule has 0 spiro atoms. The molecule has 3 aromatic carbocycles. The van der Waals surface area contributed by atoms with Crippen molar-refractivity contribution in [3.8, 4) is 28.8 Å². The first-order valence-corrected chi connectivity index (χ1v) is 18.4. The fourth-order valence-corrected chi connectivity index (χ4v) is 6.02. The van der Waals surface area contributed by atoms with Gasteiger partial charge in [-0.05, 0) is 73.5 Å². The van der Waals surface area contributed by atoms with Crippen LogP contribution in [0, 0.1) is 13.8 Å². The Morgan fingerprint density at radius 3 is 2.36 bits per heavy atom. The monoisotopic (exact) mass is 749 g/mol. The number of carbonyl (C=O) groups is 1. The standard InChI is InChI=1S/C41H51N9O5/c1-27-28(2)35(13-12-34(27)43-25-45-38-23-36(41(3,4)5)48-50(38)31-8-10-32(52-6)11-9-31)55-39-24-37(44-26-46-39)47-30-20-29(21-33(22-30)53-7)40(51)42-14-15-49-16-18-54-19-17-49/h8-13,20-24,26,43,45H,14-19,25H2,1-7H3,(H,42,51)(H,44,46,47). The predicted octanol–water partition coefficient (Wildman–Crippen LogP) is 6.67. The van der Waals surface area contributed by atoms with E-state index in [1.165, 1.54) is 6.33 Å². The molecule has 0 unspecified atom stereocenters. The van der Waals surface area contributed by atoms with Gasteiger partial charge in [0.05, 0.1) is 45.5 Å². The molecule has 1 amide bonds. The zero-order valence-corrected chi connectivity index (χ0v) is 32.7. The lowest BCUT2D eigenvalue weighted by molar-refractivity contribution is 0.0383. The quantitative estimate of drug-likeness (QED) is 0.0847. The number of carbonyl (C=O) groups excluding carboxylic acids is 1. The van der Waals surface area contributed by atoms with Crippen molar-refractivity contribution in [3.05, 3.63) is 95.4 Å². The summed E-state index contributed by atoms with van der Waals surface area (Å²) in [6.45, 7) is 15.5. The Morgan fingerprint density at radius 1 is 0.873 bits per heavy atom. The molecule has 55 heavy (non-hydrogen) atoms. The van der Waals surface area contributed by atoms with Crippen LogP contribution < -0.4 is 35.5 Å². The summed E-state index contributed by atoms with van der Waals surface area (Å²) < 4.78 is 24.4. The lowest BCUT2D eigenvalue weighted by atomic mass is 9.92. The number of anilines is 4. The van der Waals surface area contributed by atoms with Crippen LogP contribution in [0.4, 0.5) is 23.0 Å². The first-order chi connectivity index (χ1) is 26.5. The zero-order chi connectivity index (χ0) is 39.0. The number of amides is 1. The minimum atomic E-state index is -0.184. The maximum atomic E-state index is 13.0. The molecule has 1 aliphatic rings. The second-order valence-electron chi connectivity index (χ2n) is 14.3. The van der Waals surface area contributed by atoms with E-state index in [1.807, 2.05) is 48.0 Å². The van der Waals surface area contributed by atoms with Gasteiger partial charge in [0.1, 0.15) is 35.2 Å². The Morgan fingerprint density at radius 2 is 1.64 bits per heavy atom. The molecule has 290 valence electrons. The number of nitrogens with zero attached hydrogens (tertiary/aromatic N) is 5. The molecular weight excluding hydrogens is 699 g/mol. The molecule has 0 aliphatic carbocycles. The van der Waals surface area contributed by atoms with Crippen LogP contribution in [-0.4, -0.2) is 90.8 Å².